The highest BCUT2D eigenvalue weighted by Gasteiger charge is 2.31. The maximum Gasteiger partial charge on any atom is 0.416 e. The van der Waals surface area contributed by atoms with Crippen LogP contribution in [-0.4, -0.2) is 20.5 Å². The third kappa shape index (κ3) is 4.26. The van der Waals surface area contributed by atoms with Gasteiger partial charge in [0.1, 0.15) is 0 Å². The minimum Gasteiger partial charge on any atom is -0.402 e. The number of pyridine rings is 1. The maximum atomic E-state index is 13.1. The van der Waals surface area contributed by atoms with Crippen LogP contribution < -0.4 is 5.73 Å². The molecule has 2 aromatic heterocycles. The normalized spacial score (nSPS) is 17.6. The van der Waals surface area contributed by atoms with E-state index < -0.39 is 17.8 Å². The third-order valence-electron chi connectivity index (χ3n) is 6.17. The van der Waals surface area contributed by atoms with Crippen LogP contribution in [0.4, 0.5) is 13.2 Å². The van der Waals surface area contributed by atoms with Crippen molar-refractivity contribution in [3.8, 4) is 0 Å². The monoisotopic (exact) mass is 441 g/mol. The van der Waals surface area contributed by atoms with Crippen molar-refractivity contribution in [3.63, 3.8) is 0 Å². The number of benzene rings is 1. The molecule has 2 heterocycles. The number of allylic oxidation sites excluding steroid dienone is 2. The molecule has 1 aromatic carbocycles. The fourth-order valence-corrected chi connectivity index (χ4v) is 4.19. The highest BCUT2D eigenvalue weighted by atomic mass is 19.4. The van der Waals surface area contributed by atoms with Crippen molar-refractivity contribution in [1.82, 2.24) is 14.8 Å². The van der Waals surface area contributed by atoms with Crippen molar-refractivity contribution in [3.05, 3.63) is 70.7 Å². The van der Waals surface area contributed by atoms with E-state index in [1.807, 2.05) is 6.07 Å². The van der Waals surface area contributed by atoms with E-state index in [1.54, 1.807) is 30.1 Å². The molecule has 0 radical (unpaired) electrons. The van der Waals surface area contributed by atoms with Gasteiger partial charge in [-0.2, -0.15) is 18.3 Å². The van der Waals surface area contributed by atoms with Gasteiger partial charge in [0.2, 0.25) is 0 Å². The Labute approximate surface area is 184 Å². The van der Waals surface area contributed by atoms with Gasteiger partial charge in [0.25, 0.3) is 0 Å². The summed E-state index contributed by atoms with van der Waals surface area (Å²) in [6.45, 7) is 6.14. The van der Waals surface area contributed by atoms with E-state index >= 15 is 0 Å². The summed E-state index contributed by atoms with van der Waals surface area (Å²) in [5.74, 6) is 0. The number of alkyl halides is 3. The topological polar surface area (TPSA) is 80.6 Å². The van der Waals surface area contributed by atoms with Crippen molar-refractivity contribution in [1.29, 1.82) is 5.41 Å². The number of fused-ring (bicyclic) bond motifs is 1. The highest BCUT2D eigenvalue weighted by Crippen LogP contribution is 2.38. The number of nitrogens with zero attached hydrogens (tertiary/aromatic N) is 3. The summed E-state index contributed by atoms with van der Waals surface area (Å²) in [4.78, 5) is 4.39. The molecule has 0 aliphatic heterocycles. The average Bonchev–Trinajstić information content (AvgIpc) is 3.15. The molecule has 168 valence electrons. The van der Waals surface area contributed by atoms with Crippen molar-refractivity contribution >= 4 is 16.7 Å². The molecule has 1 aliphatic carbocycles. The molecule has 1 unspecified atom stereocenters. The van der Waals surface area contributed by atoms with Crippen LogP contribution in [-0.2, 0) is 6.18 Å². The molecule has 5 nitrogen and oxygen atoms in total. The van der Waals surface area contributed by atoms with E-state index in [0.717, 1.165) is 48.1 Å². The van der Waals surface area contributed by atoms with E-state index in [9.17, 15) is 13.2 Å². The summed E-state index contributed by atoms with van der Waals surface area (Å²) in [6, 6.07) is 6.69. The lowest BCUT2D eigenvalue weighted by Gasteiger charge is -2.31. The molecule has 3 N–H and O–H groups in total. The van der Waals surface area contributed by atoms with Gasteiger partial charge < -0.3 is 5.73 Å². The smallest absolute Gasteiger partial charge is 0.402 e. The number of nitrogens with two attached hydrogens (primary N) is 1. The second-order valence-corrected chi connectivity index (χ2v) is 9.26. The second kappa shape index (κ2) is 7.76. The Hall–Kier alpha value is -3.16. The number of halogens is 3. The van der Waals surface area contributed by atoms with Gasteiger partial charge >= 0.3 is 6.18 Å². The summed E-state index contributed by atoms with van der Waals surface area (Å²) >= 11 is 0. The van der Waals surface area contributed by atoms with Crippen LogP contribution in [0.3, 0.4) is 0 Å². The Morgan fingerprint density at radius 2 is 2.00 bits per heavy atom. The molecular weight excluding hydrogens is 415 g/mol. The third-order valence-corrected chi connectivity index (χ3v) is 6.17. The van der Waals surface area contributed by atoms with Crippen LogP contribution >= 0.6 is 0 Å². The lowest BCUT2D eigenvalue weighted by Crippen LogP contribution is -2.25. The number of nitrogens with one attached hydrogen (secondary N) is 1. The van der Waals surface area contributed by atoms with Crippen LogP contribution in [0.5, 0.6) is 0 Å². The van der Waals surface area contributed by atoms with E-state index in [2.05, 4.69) is 23.9 Å². The second-order valence-electron chi connectivity index (χ2n) is 9.26. The summed E-state index contributed by atoms with van der Waals surface area (Å²) in [5.41, 5.74) is 9.34. The van der Waals surface area contributed by atoms with Gasteiger partial charge in [-0.15, -0.1) is 0 Å². The molecule has 8 heteroatoms. The first kappa shape index (κ1) is 22.0. The van der Waals surface area contributed by atoms with Crippen molar-refractivity contribution < 1.29 is 13.2 Å². The van der Waals surface area contributed by atoms with Crippen LogP contribution in [0.25, 0.3) is 11.0 Å². The lowest BCUT2D eigenvalue weighted by atomic mass is 9.75. The molecule has 0 amide bonds. The zero-order valence-corrected chi connectivity index (χ0v) is 18.3. The molecule has 0 bridgehead atoms. The van der Waals surface area contributed by atoms with Crippen molar-refractivity contribution in [2.24, 2.45) is 11.1 Å². The average molecular weight is 442 g/mol. The van der Waals surface area contributed by atoms with E-state index in [1.165, 1.54) is 6.07 Å². The molecule has 0 fully saturated rings. The van der Waals surface area contributed by atoms with Gasteiger partial charge in [0.05, 0.1) is 17.3 Å². The van der Waals surface area contributed by atoms with Crippen LogP contribution in [0.1, 0.15) is 62.8 Å². The molecule has 0 spiro atoms. The number of rotatable bonds is 4. The van der Waals surface area contributed by atoms with Gasteiger partial charge in [0, 0.05) is 29.0 Å². The van der Waals surface area contributed by atoms with E-state index in [4.69, 9.17) is 11.1 Å². The Balaban J connectivity index is 1.63. The minimum absolute atomic E-state index is 0.136. The first-order valence-corrected chi connectivity index (χ1v) is 10.5. The summed E-state index contributed by atoms with van der Waals surface area (Å²) in [5, 5.41) is 13.8. The van der Waals surface area contributed by atoms with Crippen LogP contribution in [0.2, 0.25) is 0 Å². The first-order chi connectivity index (χ1) is 14.9. The Morgan fingerprint density at radius 3 is 2.69 bits per heavy atom. The predicted octanol–water partition coefficient (Wildman–Crippen LogP) is 5.85. The summed E-state index contributed by atoms with van der Waals surface area (Å²) < 4.78 is 40.8. The van der Waals surface area contributed by atoms with E-state index in [-0.39, 0.29) is 5.41 Å². The van der Waals surface area contributed by atoms with Gasteiger partial charge in [-0.05, 0) is 60.9 Å². The molecule has 0 saturated heterocycles. The first-order valence-electron chi connectivity index (χ1n) is 10.5. The van der Waals surface area contributed by atoms with Crippen LogP contribution in [0.15, 0.2) is 54.0 Å². The number of hydrogen-bond donors (Lipinski definition) is 2. The van der Waals surface area contributed by atoms with E-state index in [0.29, 0.717) is 22.5 Å². The SMILES string of the molecule is CC(c1cccc(C(F)(F)F)c1)n1cc2cc(C(=N)C3=C(N)CC(C)(C)CC3)cnc2n1. The molecule has 32 heavy (non-hydrogen) atoms. The zero-order chi connectivity index (χ0) is 23.3. The maximum absolute atomic E-state index is 13.1. The standard InChI is InChI=1S/C24H26F3N5/c1-14(15-5-4-6-18(10-15)24(25,26)27)32-13-17-9-16(12-30-22(17)31-32)21(29)19-7-8-23(2,3)11-20(19)28/h4-6,9-10,12-14,29H,7-8,11,28H2,1-3H3. The Kier molecular flexibility index (Phi) is 5.35. The van der Waals surface area contributed by atoms with Gasteiger partial charge in [-0.25, -0.2) is 4.98 Å². The molecule has 3 aromatic rings. The Morgan fingerprint density at radius 1 is 1.25 bits per heavy atom. The zero-order valence-electron chi connectivity index (χ0n) is 18.3. The summed E-state index contributed by atoms with van der Waals surface area (Å²) in [6.07, 6.45) is 1.44. The van der Waals surface area contributed by atoms with Gasteiger partial charge in [-0.3, -0.25) is 10.1 Å². The van der Waals surface area contributed by atoms with Gasteiger partial charge in [-0.1, -0.05) is 26.0 Å². The molecule has 1 aliphatic rings. The van der Waals surface area contributed by atoms with Gasteiger partial charge in [0.15, 0.2) is 5.65 Å². The predicted molar refractivity (Wildman–Crippen MR) is 118 cm³/mol. The summed E-state index contributed by atoms with van der Waals surface area (Å²) in [7, 11) is 0. The molecule has 4 rings (SSSR count). The fourth-order valence-electron chi connectivity index (χ4n) is 4.19. The number of aromatic nitrogens is 3. The van der Waals surface area contributed by atoms with Crippen LogP contribution in [0, 0.1) is 10.8 Å². The van der Waals surface area contributed by atoms with Crippen molar-refractivity contribution in [2.45, 2.75) is 52.3 Å². The quantitative estimate of drug-likeness (QED) is 0.498. The lowest BCUT2D eigenvalue weighted by molar-refractivity contribution is -0.137. The Bertz CT molecular complexity index is 1220. The minimum atomic E-state index is -4.40. The molecular formula is C24H26F3N5. The largest absolute Gasteiger partial charge is 0.416 e. The number of hydrogen-bond acceptors (Lipinski definition) is 4. The molecule has 1 atom stereocenters. The van der Waals surface area contributed by atoms with Crippen molar-refractivity contribution in [2.75, 3.05) is 0 Å². The highest BCUT2D eigenvalue weighted by molar-refractivity contribution is 6.12. The fraction of sp³-hybridized carbons (Fsp3) is 0.375. The molecule has 0 saturated carbocycles.